The number of Topliss-reactive ketones (excluding diaryl/α,β-unsaturated/α-hetero) is 1. The van der Waals surface area contributed by atoms with Gasteiger partial charge in [-0.05, 0) is 53.6 Å². The molecule has 2 aromatic carbocycles. The minimum absolute atomic E-state index is 0.0539. The molecule has 3 aromatic rings. The molecule has 8 nitrogen and oxygen atoms in total. The van der Waals surface area contributed by atoms with Crippen LogP contribution in [0, 0.1) is 0 Å². The third-order valence-corrected chi connectivity index (χ3v) is 5.50. The second kappa shape index (κ2) is 9.04. The summed E-state index contributed by atoms with van der Waals surface area (Å²) in [6.07, 6.45) is 3.22. The van der Waals surface area contributed by atoms with Crippen LogP contribution in [-0.4, -0.2) is 46.0 Å². The van der Waals surface area contributed by atoms with Gasteiger partial charge in [0.05, 0.1) is 25.8 Å². The number of aromatic nitrogens is 1. The van der Waals surface area contributed by atoms with Crippen molar-refractivity contribution in [1.82, 2.24) is 9.88 Å². The number of aliphatic hydroxyl groups excluding tert-OH is 1. The van der Waals surface area contributed by atoms with E-state index in [2.05, 4.69) is 4.98 Å². The number of carbonyl (C=O) groups is 2. The Labute approximate surface area is 190 Å². The highest BCUT2D eigenvalue weighted by molar-refractivity contribution is 6.46. The van der Waals surface area contributed by atoms with E-state index in [-0.39, 0.29) is 29.4 Å². The van der Waals surface area contributed by atoms with Crippen molar-refractivity contribution in [3.63, 3.8) is 0 Å². The summed E-state index contributed by atoms with van der Waals surface area (Å²) in [6, 6.07) is 13.7. The second-order valence-corrected chi connectivity index (χ2v) is 7.45. The summed E-state index contributed by atoms with van der Waals surface area (Å²) in [5, 5.41) is 21.1. The Morgan fingerprint density at radius 3 is 2.45 bits per heavy atom. The SMILES string of the molecule is COc1ccc(/C(O)=C2/C(=O)C(=O)N(Cc3cccnc3)C2c2ccc(O)c(OC)c2)cc1. The van der Waals surface area contributed by atoms with E-state index in [0.29, 0.717) is 16.9 Å². The Hall–Kier alpha value is -4.33. The van der Waals surface area contributed by atoms with Crippen LogP contribution in [0.15, 0.2) is 72.6 Å². The number of aromatic hydroxyl groups is 1. The third-order valence-electron chi connectivity index (χ3n) is 5.50. The highest BCUT2D eigenvalue weighted by Crippen LogP contribution is 2.42. The third kappa shape index (κ3) is 4.10. The Balaban J connectivity index is 1.87. The minimum atomic E-state index is -0.901. The van der Waals surface area contributed by atoms with Crippen LogP contribution in [0.25, 0.3) is 5.76 Å². The van der Waals surface area contributed by atoms with Gasteiger partial charge in [0.2, 0.25) is 0 Å². The van der Waals surface area contributed by atoms with Crippen LogP contribution in [0.5, 0.6) is 17.2 Å². The Morgan fingerprint density at radius 1 is 1.06 bits per heavy atom. The number of hydrogen-bond acceptors (Lipinski definition) is 7. The number of rotatable bonds is 6. The molecule has 1 atom stereocenters. The number of likely N-dealkylation sites (tertiary alicyclic amines) is 1. The van der Waals surface area contributed by atoms with E-state index in [4.69, 9.17) is 9.47 Å². The predicted molar refractivity (Wildman–Crippen MR) is 120 cm³/mol. The predicted octanol–water partition coefficient (Wildman–Crippen LogP) is 3.43. The summed E-state index contributed by atoms with van der Waals surface area (Å²) in [5.41, 5.74) is 1.54. The first-order chi connectivity index (χ1) is 15.9. The monoisotopic (exact) mass is 446 g/mol. The molecule has 1 aliphatic rings. The molecule has 0 saturated carbocycles. The first-order valence-corrected chi connectivity index (χ1v) is 10.1. The van der Waals surface area contributed by atoms with E-state index in [1.54, 1.807) is 60.9 Å². The van der Waals surface area contributed by atoms with E-state index in [1.165, 1.54) is 25.2 Å². The molecular weight excluding hydrogens is 424 g/mol. The van der Waals surface area contributed by atoms with Crippen LogP contribution in [0.3, 0.4) is 0 Å². The summed E-state index contributed by atoms with van der Waals surface area (Å²) in [5.74, 6) is -1.16. The lowest BCUT2D eigenvalue weighted by Crippen LogP contribution is -2.29. The number of benzene rings is 2. The Kier molecular flexibility index (Phi) is 5.99. The highest BCUT2D eigenvalue weighted by atomic mass is 16.5. The van der Waals surface area contributed by atoms with E-state index >= 15 is 0 Å². The van der Waals surface area contributed by atoms with Gasteiger partial charge in [-0.2, -0.15) is 0 Å². The standard InChI is InChI=1S/C25H22N2O6/c1-32-18-8-5-16(6-9-18)23(29)21-22(17-7-10-19(28)20(12-17)33-2)27(25(31)24(21)30)14-15-4-3-11-26-13-15/h3-13,22,28-29H,14H2,1-2H3/b23-21-. The number of ketones is 1. The molecule has 0 bridgehead atoms. The van der Waals surface area contributed by atoms with Gasteiger partial charge in [-0.25, -0.2) is 0 Å². The van der Waals surface area contributed by atoms with Gasteiger partial charge in [-0.1, -0.05) is 12.1 Å². The topological polar surface area (TPSA) is 109 Å². The van der Waals surface area contributed by atoms with E-state index < -0.39 is 17.7 Å². The number of hydrogen-bond donors (Lipinski definition) is 2. The van der Waals surface area contributed by atoms with Crippen molar-refractivity contribution in [2.45, 2.75) is 12.6 Å². The quantitative estimate of drug-likeness (QED) is 0.339. The number of pyridine rings is 1. The van der Waals surface area contributed by atoms with Gasteiger partial charge in [-0.3, -0.25) is 14.6 Å². The van der Waals surface area contributed by atoms with Gasteiger partial charge in [-0.15, -0.1) is 0 Å². The molecule has 1 amide bonds. The van der Waals surface area contributed by atoms with E-state index in [1.807, 2.05) is 0 Å². The molecule has 0 aliphatic carbocycles. The molecular formula is C25H22N2O6. The molecule has 8 heteroatoms. The maximum Gasteiger partial charge on any atom is 0.295 e. The van der Waals surface area contributed by atoms with Crippen molar-refractivity contribution in [1.29, 1.82) is 0 Å². The van der Waals surface area contributed by atoms with E-state index in [9.17, 15) is 19.8 Å². The fraction of sp³-hybridized carbons (Fsp3) is 0.160. The summed E-state index contributed by atoms with van der Waals surface area (Å²) >= 11 is 0. The summed E-state index contributed by atoms with van der Waals surface area (Å²) < 4.78 is 10.4. The fourth-order valence-corrected chi connectivity index (χ4v) is 3.85. The van der Waals surface area contributed by atoms with Crippen LogP contribution >= 0.6 is 0 Å². The fourth-order valence-electron chi connectivity index (χ4n) is 3.85. The summed E-state index contributed by atoms with van der Waals surface area (Å²) in [4.78, 5) is 31.6. The maximum absolute atomic E-state index is 13.1. The summed E-state index contributed by atoms with van der Waals surface area (Å²) in [6.45, 7) is 0.103. The van der Waals surface area contributed by atoms with Crippen molar-refractivity contribution in [3.8, 4) is 17.2 Å². The second-order valence-electron chi connectivity index (χ2n) is 7.45. The van der Waals surface area contributed by atoms with Gasteiger partial charge in [0.1, 0.15) is 11.5 Å². The molecule has 4 rings (SSSR count). The van der Waals surface area contributed by atoms with E-state index in [0.717, 1.165) is 5.56 Å². The van der Waals surface area contributed by atoms with Crippen molar-refractivity contribution in [2.24, 2.45) is 0 Å². The highest BCUT2D eigenvalue weighted by Gasteiger charge is 2.46. The van der Waals surface area contributed by atoms with Gasteiger partial charge < -0.3 is 24.6 Å². The van der Waals surface area contributed by atoms with Crippen molar-refractivity contribution in [2.75, 3.05) is 14.2 Å². The molecule has 1 fully saturated rings. The van der Waals surface area contributed by atoms with Gasteiger partial charge in [0.15, 0.2) is 11.5 Å². The first-order valence-electron chi connectivity index (χ1n) is 10.1. The molecule has 2 heterocycles. The van der Waals surface area contributed by atoms with Crippen LogP contribution in [0.4, 0.5) is 0 Å². The van der Waals surface area contributed by atoms with Crippen LogP contribution in [-0.2, 0) is 16.1 Å². The molecule has 33 heavy (non-hydrogen) atoms. The minimum Gasteiger partial charge on any atom is -0.507 e. The van der Waals surface area contributed by atoms with Gasteiger partial charge in [0, 0.05) is 24.5 Å². The molecule has 0 radical (unpaired) electrons. The largest absolute Gasteiger partial charge is 0.507 e. The average Bonchev–Trinajstić information content (AvgIpc) is 3.09. The molecule has 2 N–H and O–H groups in total. The molecule has 1 aromatic heterocycles. The number of nitrogens with zero attached hydrogens (tertiary/aromatic N) is 2. The number of amides is 1. The molecule has 168 valence electrons. The number of phenolic OH excluding ortho intramolecular Hbond substituents is 1. The van der Waals surface area contributed by atoms with Crippen molar-refractivity contribution < 1.29 is 29.3 Å². The maximum atomic E-state index is 13.1. The number of ether oxygens (including phenoxy) is 2. The Bertz CT molecular complexity index is 1220. The average molecular weight is 446 g/mol. The molecule has 1 saturated heterocycles. The lowest BCUT2D eigenvalue weighted by Gasteiger charge is -2.25. The number of carbonyl (C=O) groups excluding carboxylic acids is 2. The normalized spacial score (nSPS) is 17.3. The summed E-state index contributed by atoms with van der Waals surface area (Å²) in [7, 11) is 2.93. The first kappa shape index (κ1) is 21.9. The lowest BCUT2D eigenvalue weighted by molar-refractivity contribution is -0.140. The molecule has 0 spiro atoms. The smallest absolute Gasteiger partial charge is 0.295 e. The molecule has 1 aliphatic heterocycles. The van der Waals surface area contributed by atoms with Crippen molar-refractivity contribution in [3.05, 3.63) is 89.3 Å². The number of aliphatic hydroxyl groups is 1. The Morgan fingerprint density at radius 2 is 1.82 bits per heavy atom. The zero-order chi connectivity index (χ0) is 23.5. The van der Waals surface area contributed by atoms with Crippen molar-refractivity contribution >= 4 is 17.4 Å². The van der Waals surface area contributed by atoms with Crippen LogP contribution in [0.1, 0.15) is 22.7 Å². The number of methoxy groups -OCH3 is 2. The van der Waals surface area contributed by atoms with Crippen LogP contribution in [0.2, 0.25) is 0 Å². The lowest BCUT2D eigenvalue weighted by atomic mass is 9.95. The zero-order valence-electron chi connectivity index (χ0n) is 18.1. The number of phenols is 1. The van der Waals surface area contributed by atoms with Gasteiger partial charge >= 0.3 is 0 Å². The van der Waals surface area contributed by atoms with Gasteiger partial charge in [0.25, 0.3) is 11.7 Å². The zero-order valence-corrected chi connectivity index (χ0v) is 18.1. The van der Waals surface area contributed by atoms with Crippen LogP contribution < -0.4 is 9.47 Å². The molecule has 1 unspecified atom stereocenters.